The van der Waals surface area contributed by atoms with Crippen LogP contribution >= 0.6 is 24.0 Å². The molecule has 2 saturated carbocycles. The van der Waals surface area contributed by atoms with Crippen LogP contribution in [0.15, 0.2) is 23.2 Å². The lowest BCUT2D eigenvalue weighted by molar-refractivity contribution is -0.122. The molecule has 3 fully saturated rings. The summed E-state index contributed by atoms with van der Waals surface area (Å²) in [7, 11) is 1.72. The highest BCUT2D eigenvalue weighted by molar-refractivity contribution is 14.0. The Kier molecular flexibility index (Phi) is 7.31. The molecule has 1 saturated heterocycles. The fraction of sp³-hybridized carbons (Fsp3) is 0.600. The van der Waals surface area contributed by atoms with Gasteiger partial charge in [-0.1, -0.05) is 6.07 Å². The first-order valence-electron chi connectivity index (χ1n) is 9.99. The largest absolute Gasteiger partial charge is 0.353 e. The number of nitrogens with one attached hydrogen (secondary N) is 2. The molecule has 1 aliphatic heterocycles. The lowest BCUT2D eigenvalue weighted by Gasteiger charge is -2.36. The van der Waals surface area contributed by atoms with Crippen molar-refractivity contribution in [3.05, 3.63) is 35.4 Å². The molecule has 2 unspecified atom stereocenters. The van der Waals surface area contributed by atoms with Crippen molar-refractivity contribution in [3.63, 3.8) is 0 Å². The normalized spacial score (nSPS) is 24.7. The monoisotopic (exact) mass is 519 g/mol. The van der Waals surface area contributed by atoms with Gasteiger partial charge in [-0.3, -0.25) is 14.7 Å². The van der Waals surface area contributed by atoms with Gasteiger partial charge in [-0.2, -0.15) is 0 Å². The van der Waals surface area contributed by atoms with Gasteiger partial charge in [0.15, 0.2) is 5.96 Å². The Balaban J connectivity index is 0.00000240. The number of rotatable bonds is 5. The molecule has 2 atom stereocenters. The fourth-order valence-electron chi connectivity index (χ4n) is 3.82. The number of aliphatic imine (C=N–C) groups is 1. The lowest BCUT2D eigenvalue weighted by Crippen LogP contribution is -2.54. The highest BCUT2D eigenvalue weighted by Crippen LogP contribution is 2.43. The molecule has 0 spiro atoms. The van der Waals surface area contributed by atoms with E-state index in [1.165, 1.54) is 18.2 Å². The van der Waals surface area contributed by atoms with E-state index in [2.05, 4.69) is 25.4 Å². The molecular formula is C20H28F2IN5O. The van der Waals surface area contributed by atoms with E-state index in [1.807, 2.05) is 0 Å². The van der Waals surface area contributed by atoms with E-state index in [9.17, 15) is 13.6 Å². The minimum absolute atomic E-state index is 0. The molecule has 1 amide bonds. The van der Waals surface area contributed by atoms with Gasteiger partial charge in [0.2, 0.25) is 5.91 Å². The molecule has 3 aliphatic rings. The maximum atomic E-state index is 14.0. The van der Waals surface area contributed by atoms with Gasteiger partial charge < -0.3 is 15.5 Å². The summed E-state index contributed by atoms with van der Waals surface area (Å²) in [5, 5.41) is 6.37. The molecule has 1 aromatic rings. The maximum absolute atomic E-state index is 14.0. The standard InChI is InChI=1S/C20H27F2N5O.HI/c1-23-20(25-17-11-14(17)19-15(21)3-2-4-16(19)22)27-9-7-26(8-10-27)12-18(28)24-13-5-6-13;/h2-4,13-14,17H,5-12H2,1H3,(H,23,25)(H,24,28);1H. The summed E-state index contributed by atoms with van der Waals surface area (Å²) in [5.74, 6) is -0.271. The first-order valence-corrected chi connectivity index (χ1v) is 9.99. The first kappa shape index (κ1) is 22.2. The van der Waals surface area contributed by atoms with Crippen LogP contribution in [0.2, 0.25) is 0 Å². The third-order valence-electron chi connectivity index (χ3n) is 5.67. The van der Waals surface area contributed by atoms with Crippen LogP contribution in [0.5, 0.6) is 0 Å². The van der Waals surface area contributed by atoms with Gasteiger partial charge >= 0.3 is 0 Å². The van der Waals surface area contributed by atoms with Crippen molar-refractivity contribution in [2.24, 2.45) is 4.99 Å². The molecule has 9 heteroatoms. The summed E-state index contributed by atoms with van der Waals surface area (Å²) >= 11 is 0. The van der Waals surface area contributed by atoms with Gasteiger partial charge in [-0.15, -0.1) is 24.0 Å². The predicted molar refractivity (Wildman–Crippen MR) is 119 cm³/mol. The molecule has 29 heavy (non-hydrogen) atoms. The molecule has 4 rings (SSSR count). The van der Waals surface area contributed by atoms with Crippen LogP contribution in [0.1, 0.15) is 30.7 Å². The minimum atomic E-state index is -0.484. The SMILES string of the molecule is CN=C(NC1CC1c1c(F)cccc1F)N1CCN(CC(=O)NC2CC2)CC1.I. The zero-order chi connectivity index (χ0) is 19.7. The molecule has 0 bridgehead atoms. The molecule has 1 aromatic carbocycles. The smallest absolute Gasteiger partial charge is 0.234 e. The van der Waals surface area contributed by atoms with Gasteiger partial charge in [0, 0.05) is 56.8 Å². The average molecular weight is 519 g/mol. The number of nitrogens with zero attached hydrogens (tertiary/aromatic N) is 3. The molecule has 1 heterocycles. The number of carbonyl (C=O) groups excluding carboxylic acids is 1. The van der Waals surface area contributed by atoms with Crippen LogP contribution in [0.25, 0.3) is 0 Å². The quantitative estimate of drug-likeness (QED) is 0.355. The fourth-order valence-corrected chi connectivity index (χ4v) is 3.82. The second-order valence-electron chi connectivity index (χ2n) is 7.88. The number of benzene rings is 1. The van der Waals surface area contributed by atoms with Crippen molar-refractivity contribution in [2.45, 2.75) is 37.3 Å². The van der Waals surface area contributed by atoms with Crippen molar-refractivity contribution >= 4 is 35.8 Å². The van der Waals surface area contributed by atoms with Crippen LogP contribution in [0.4, 0.5) is 8.78 Å². The van der Waals surface area contributed by atoms with E-state index >= 15 is 0 Å². The number of amides is 1. The van der Waals surface area contributed by atoms with Gasteiger partial charge in [-0.05, 0) is 31.4 Å². The third-order valence-corrected chi connectivity index (χ3v) is 5.67. The minimum Gasteiger partial charge on any atom is -0.353 e. The Hall–Kier alpha value is -1.49. The van der Waals surface area contributed by atoms with E-state index in [0.717, 1.165) is 45.0 Å². The number of hydrogen-bond acceptors (Lipinski definition) is 3. The summed E-state index contributed by atoms with van der Waals surface area (Å²) in [6.07, 6.45) is 2.89. The van der Waals surface area contributed by atoms with Crippen LogP contribution in [0, 0.1) is 11.6 Å². The number of carbonyl (C=O) groups is 1. The topological polar surface area (TPSA) is 60.0 Å². The molecule has 160 valence electrons. The zero-order valence-electron chi connectivity index (χ0n) is 16.5. The molecule has 0 aromatic heterocycles. The lowest BCUT2D eigenvalue weighted by atomic mass is 10.1. The maximum Gasteiger partial charge on any atom is 0.234 e. The van der Waals surface area contributed by atoms with Crippen molar-refractivity contribution in [2.75, 3.05) is 39.8 Å². The van der Waals surface area contributed by atoms with Gasteiger partial charge in [0.05, 0.1) is 6.54 Å². The Morgan fingerprint density at radius 3 is 2.38 bits per heavy atom. The van der Waals surface area contributed by atoms with Crippen LogP contribution in [-0.2, 0) is 4.79 Å². The highest BCUT2D eigenvalue weighted by Gasteiger charge is 2.43. The Morgan fingerprint density at radius 1 is 1.14 bits per heavy atom. The number of hydrogen-bond donors (Lipinski definition) is 2. The van der Waals surface area contributed by atoms with Crippen molar-refractivity contribution < 1.29 is 13.6 Å². The second-order valence-corrected chi connectivity index (χ2v) is 7.88. The van der Waals surface area contributed by atoms with E-state index in [1.54, 1.807) is 7.05 Å². The predicted octanol–water partition coefficient (Wildman–Crippen LogP) is 1.91. The Labute approximate surface area is 187 Å². The second kappa shape index (κ2) is 9.55. The number of guanidine groups is 1. The van der Waals surface area contributed by atoms with Crippen LogP contribution in [-0.4, -0.2) is 73.5 Å². The first-order chi connectivity index (χ1) is 13.5. The Morgan fingerprint density at radius 2 is 1.79 bits per heavy atom. The summed E-state index contributed by atoms with van der Waals surface area (Å²) < 4.78 is 27.9. The van der Waals surface area contributed by atoms with Crippen molar-refractivity contribution in [1.82, 2.24) is 20.4 Å². The summed E-state index contributed by atoms with van der Waals surface area (Å²) in [5.41, 5.74) is 0.168. The molecule has 2 aliphatic carbocycles. The summed E-state index contributed by atoms with van der Waals surface area (Å²) in [4.78, 5) is 20.6. The average Bonchev–Trinajstić information content (AvgIpc) is 3.58. The van der Waals surface area contributed by atoms with Gasteiger partial charge in [0.1, 0.15) is 11.6 Å². The van der Waals surface area contributed by atoms with Crippen molar-refractivity contribution in [3.8, 4) is 0 Å². The third kappa shape index (κ3) is 5.56. The number of halogens is 3. The molecule has 2 N–H and O–H groups in total. The van der Waals surface area contributed by atoms with Crippen LogP contribution < -0.4 is 10.6 Å². The van der Waals surface area contributed by atoms with Gasteiger partial charge in [-0.25, -0.2) is 8.78 Å². The summed E-state index contributed by atoms with van der Waals surface area (Å²) in [6, 6.07) is 4.39. The Bertz CT molecular complexity index is 745. The molecule has 0 radical (unpaired) electrons. The molecule has 6 nitrogen and oxygen atoms in total. The zero-order valence-corrected chi connectivity index (χ0v) is 18.9. The van der Waals surface area contributed by atoms with Crippen LogP contribution in [0.3, 0.4) is 0 Å². The highest BCUT2D eigenvalue weighted by atomic mass is 127. The number of piperazine rings is 1. The molecular weight excluding hydrogens is 491 g/mol. The van der Waals surface area contributed by atoms with Crippen molar-refractivity contribution in [1.29, 1.82) is 0 Å². The van der Waals surface area contributed by atoms with E-state index in [-0.39, 0.29) is 47.4 Å². The van der Waals surface area contributed by atoms with Gasteiger partial charge in [0.25, 0.3) is 0 Å². The van der Waals surface area contributed by atoms with E-state index in [4.69, 9.17) is 0 Å². The van der Waals surface area contributed by atoms with E-state index in [0.29, 0.717) is 19.0 Å². The van der Waals surface area contributed by atoms with E-state index < -0.39 is 11.6 Å². The summed E-state index contributed by atoms with van der Waals surface area (Å²) in [6.45, 7) is 3.54.